The molecule has 0 aliphatic carbocycles. The molecule has 0 saturated heterocycles. The standard InChI is InChI=1S/C11H11N5O2S/c12-8-4-5-9-19(17,18)11-13-14-15-16(11)10-6-2-1-3-7-10/h1-3,6-7H,4-5,9H2. The van der Waals surface area contributed by atoms with Gasteiger partial charge in [0.2, 0.25) is 9.84 Å². The molecule has 0 unspecified atom stereocenters. The molecule has 0 saturated carbocycles. The van der Waals surface area contributed by atoms with E-state index in [2.05, 4.69) is 15.5 Å². The summed E-state index contributed by atoms with van der Waals surface area (Å²) in [7, 11) is -3.59. The number of para-hydroxylation sites is 1. The van der Waals surface area contributed by atoms with Gasteiger partial charge in [0.25, 0.3) is 5.16 Å². The van der Waals surface area contributed by atoms with Crippen molar-refractivity contribution in [3.05, 3.63) is 30.3 Å². The molecule has 0 amide bonds. The average Bonchev–Trinajstić information content (AvgIpc) is 2.90. The SMILES string of the molecule is N#CCCCS(=O)(=O)c1nnnn1-c1ccccc1. The fraction of sp³-hybridized carbons (Fsp3) is 0.273. The molecular formula is C11H11N5O2S. The van der Waals surface area contributed by atoms with Gasteiger partial charge in [-0.25, -0.2) is 8.42 Å². The van der Waals surface area contributed by atoms with Crippen LogP contribution >= 0.6 is 0 Å². The highest BCUT2D eigenvalue weighted by Crippen LogP contribution is 2.13. The van der Waals surface area contributed by atoms with Gasteiger partial charge in [-0.1, -0.05) is 23.3 Å². The van der Waals surface area contributed by atoms with Gasteiger partial charge in [0, 0.05) is 6.42 Å². The minimum Gasteiger partial charge on any atom is -0.220 e. The number of tetrazole rings is 1. The lowest BCUT2D eigenvalue weighted by molar-refractivity contribution is 0.578. The van der Waals surface area contributed by atoms with Crippen LogP contribution in [0.15, 0.2) is 35.5 Å². The van der Waals surface area contributed by atoms with Crippen molar-refractivity contribution in [3.63, 3.8) is 0 Å². The fourth-order valence-electron chi connectivity index (χ4n) is 1.54. The highest BCUT2D eigenvalue weighted by atomic mass is 32.2. The van der Waals surface area contributed by atoms with Gasteiger partial charge in [0.1, 0.15) is 0 Å². The van der Waals surface area contributed by atoms with E-state index in [0.717, 1.165) is 0 Å². The third-order valence-electron chi connectivity index (χ3n) is 2.42. The Bertz CT molecular complexity index is 687. The number of nitrogens with zero attached hydrogens (tertiary/aromatic N) is 5. The molecule has 0 bridgehead atoms. The Hall–Kier alpha value is -2.27. The molecule has 8 heteroatoms. The quantitative estimate of drug-likeness (QED) is 0.747. The summed E-state index contributed by atoms with van der Waals surface area (Å²) < 4.78 is 25.4. The van der Waals surface area contributed by atoms with E-state index in [1.807, 2.05) is 12.1 Å². The van der Waals surface area contributed by atoms with Gasteiger partial charge in [-0.3, -0.25) is 0 Å². The van der Waals surface area contributed by atoms with Crippen molar-refractivity contribution < 1.29 is 8.42 Å². The molecule has 2 rings (SSSR count). The largest absolute Gasteiger partial charge is 0.272 e. The minimum atomic E-state index is -3.59. The Labute approximate surface area is 110 Å². The van der Waals surface area contributed by atoms with E-state index in [4.69, 9.17) is 5.26 Å². The molecule has 1 aromatic carbocycles. The van der Waals surface area contributed by atoms with E-state index in [-0.39, 0.29) is 23.8 Å². The molecule has 19 heavy (non-hydrogen) atoms. The molecule has 1 heterocycles. The zero-order chi connectivity index (χ0) is 13.7. The molecule has 98 valence electrons. The maximum absolute atomic E-state index is 12.1. The molecule has 0 radical (unpaired) electrons. The van der Waals surface area contributed by atoms with Gasteiger partial charge in [-0.05, 0) is 29.0 Å². The van der Waals surface area contributed by atoms with Crippen LogP contribution in [-0.2, 0) is 9.84 Å². The maximum Gasteiger partial charge on any atom is 0.272 e. The van der Waals surface area contributed by atoms with Crippen molar-refractivity contribution in [2.24, 2.45) is 0 Å². The lowest BCUT2D eigenvalue weighted by Crippen LogP contribution is -2.14. The van der Waals surface area contributed by atoms with E-state index in [1.54, 1.807) is 24.3 Å². The summed E-state index contributed by atoms with van der Waals surface area (Å²) in [5, 5.41) is 18.9. The van der Waals surface area contributed by atoms with Crippen molar-refractivity contribution >= 4 is 9.84 Å². The van der Waals surface area contributed by atoms with E-state index >= 15 is 0 Å². The Morgan fingerprint density at radius 3 is 2.68 bits per heavy atom. The van der Waals surface area contributed by atoms with Crippen molar-refractivity contribution in [1.29, 1.82) is 5.26 Å². The van der Waals surface area contributed by atoms with Gasteiger partial charge in [0.15, 0.2) is 0 Å². The predicted molar refractivity (Wildman–Crippen MR) is 66.1 cm³/mol. The summed E-state index contributed by atoms with van der Waals surface area (Å²) in [5.41, 5.74) is 0.575. The Balaban J connectivity index is 2.33. The third kappa shape index (κ3) is 2.95. The summed E-state index contributed by atoms with van der Waals surface area (Å²) in [4.78, 5) is 0. The molecule has 0 N–H and O–H groups in total. The van der Waals surface area contributed by atoms with Gasteiger partial charge in [-0.15, -0.1) is 0 Å². The lowest BCUT2D eigenvalue weighted by Gasteiger charge is -2.04. The van der Waals surface area contributed by atoms with Crippen LogP contribution in [0, 0.1) is 11.3 Å². The van der Waals surface area contributed by atoms with Gasteiger partial charge < -0.3 is 0 Å². The maximum atomic E-state index is 12.1. The molecule has 1 aromatic heterocycles. The molecular weight excluding hydrogens is 266 g/mol. The summed E-state index contributed by atoms with van der Waals surface area (Å²) in [6, 6.07) is 10.7. The van der Waals surface area contributed by atoms with Gasteiger partial charge in [-0.2, -0.15) is 9.94 Å². The van der Waals surface area contributed by atoms with E-state index < -0.39 is 9.84 Å². The van der Waals surface area contributed by atoms with Crippen LogP contribution in [-0.4, -0.2) is 34.4 Å². The fourth-order valence-corrected chi connectivity index (χ4v) is 2.81. The smallest absolute Gasteiger partial charge is 0.220 e. The molecule has 0 atom stereocenters. The highest BCUT2D eigenvalue weighted by Gasteiger charge is 2.23. The summed E-state index contributed by atoms with van der Waals surface area (Å²) in [6.07, 6.45) is 0.451. The number of sulfone groups is 1. The average molecular weight is 277 g/mol. The first-order valence-corrected chi connectivity index (χ1v) is 7.24. The second kappa shape index (κ2) is 5.58. The number of hydrogen-bond donors (Lipinski definition) is 0. The third-order valence-corrected chi connectivity index (χ3v) is 4.06. The summed E-state index contributed by atoms with van der Waals surface area (Å²) in [6.45, 7) is 0. The Morgan fingerprint density at radius 1 is 1.26 bits per heavy atom. The van der Waals surface area contributed by atoms with Crippen molar-refractivity contribution in [2.45, 2.75) is 18.0 Å². The molecule has 2 aromatic rings. The molecule has 0 spiro atoms. The zero-order valence-corrected chi connectivity index (χ0v) is 10.8. The van der Waals surface area contributed by atoms with Crippen molar-refractivity contribution in [2.75, 3.05) is 5.75 Å². The van der Waals surface area contributed by atoms with E-state index in [1.165, 1.54) is 4.68 Å². The highest BCUT2D eigenvalue weighted by molar-refractivity contribution is 7.91. The molecule has 0 aliphatic heterocycles. The van der Waals surface area contributed by atoms with Crippen LogP contribution in [0.5, 0.6) is 0 Å². The van der Waals surface area contributed by atoms with Crippen LogP contribution < -0.4 is 0 Å². The number of hydrogen-bond acceptors (Lipinski definition) is 6. The van der Waals surface area contributed by atoms with Crippen LogP contribution in [0.1, 0.15) is 12.8 Å². The number of unbranched alkanes of at least 4 members (excludes halogenated alkanes) is 1. The van der Waals surface area contributed by atoms with Gasteiger partial charge >= 0.3 is 0 Å². The lowest BCUT2D eigenvalue weighted by atomic mass is 10.3. The Morgan fingerprint density at radius 2 is 2.00 bits per heavy atom. The summed E-state index contributed by atoms with van der Waals surface area (Å²) in [5.74, 6) is -0.145. The van der Waals surface area contributed by atoms with Gasteiger partial charge in [0.05, 0.1) is 17.5 Å². The molecule has 7 nitrogen and oxygen atoms in total. The van der Waals surface area contributed by atoms with Crippen molar-refractivity contribution in [3.8, 4) is 11.8 Å². The van der Waals surface area contributed by atoms with E-state index in [0.29, 0.717) is 5.69 Å². The first-order chi connectivity index (χ1) is 9.15. The van der Waals surface area contributed by atoms with Crippen LogP contribution in [0.2, 0.25) is 0 Å². The monoisotopic (exact) mass is 277 g/mol. The number of rotatable bonds is 5. The predicted octanol–water partition coefficient (Wildman–Crippen LogP) is 0.740. The number of nitriles is 1. The second-order valence-corrected chi connectivity index (χ2v) is 5.79. The van der Waals surface area contributed by atoms with Crippen molar-refractivity contribution in [1.82, 2.24) is 20.2 Å². The van der Waals surface area contributed by atoms with Crippen LogP contribution in [0.4, 0.5) is 0 Å². The molecule has 0 aliphatic rings. The summed E-state index contributed by atoms with van der Waals surface area (Å²) >= 11 is 0. The van der Waals surface area contributed by atoms with E-state index in [9.17, 15) is 8.42 Å². The van der Waals surface area contributed by atoms with Crippen LogP contribution in [0.3, 0.4) is 0 Å². The molecule has 0 fully saturated rings. The minimum absolute atomic E-state index is 0.145. The first kappa shape index (κ1) is 13.2. The number of aromatic nitrogens is 4. The first-order valence-electron chi connectivity index (χ1n) is 5.58. The number of benzene rings is 1. The van der Waals surface area contributed by atoms with Crippen LogP contribution in [0.25, 0.3) is 5.69 Å². The Kier molecular flexibility index (Phi) is 3.87. The normalized spacial score (nSPS) is 11.1. The topological polar surface area (TPSA) is 102 Å². The zero-order valence-electron chi connectivity index (χ0n) is 9.97. The second-order valence-electron chi connectivity index (χ2n) is 3.79.